The van der Waals surface area contributed by atoms with Gasteiger partial charge in [0, 0.05) is 0 Å². The molecule has 1 unspecified atom stereocenters. The van der Waals surface area contributed by atoms with Crippen molar-refractivity contribution in [2.45, 2.75) is 6.92 Å². The molecule has 0 saturated carbocycles. The summed E-state index contributed by atoms with van der Waals surface area (Å²) in [6, 6.07) is 14.8. The molecule has 92 valence electrons. The van der Waals surface area contributed by atoms with Gasteiger partial charge in [0.15, 0.2) is 0 Å². The van der Waals surface area contributed by atoms with Gasteiger partial charge in [-0.25, -0.2) is 0 Å². The zero-order valence-corrected chi connectivity index (χ0v) is 10.9. The van der Waals surface area contributed by atoms with Crippen molar-refractivity contribution < 1.29 is 14.2 Å². The Morgan fingerprint density at radius 2 is 1.50 bits per heavy atom. The van der Waals surface area contributed by atoms with E-state index in [4.69, 9.17) is 9.63 Å². The smallest absolute Gasteiger partial charge is 0.494 e. The molecule has 0 saturated heterocycles. The van der Waals surface area contributed by atoms with E-state index in [9.17, 15) is 4.57 Å². The van der Waals surface area contributed by atoms with Gasteiger partial charge in [0.25, 0.3) is 0 Å². The Bertz CT molecular complexity index is 532. The van der Waals surface area contributed by atoms with Gasteiger partial charge < -0.3 is 4.74 Å². The Balaban J connectivity index is 2.23. The first-order valence-corrected chi connectivity index (χ1v) is 6.91. The quantitative estimate of drug-likeness (QED) is 0.860. The number of hydrogen-bond donors (Lipinski definition) is 1. The van der Waals surface area contributed by atoms with Gasteiger partial charge in [0.05, 0.1) is 6.61 Å². The maximum absolute atomic E-state index is 10.9. The fourth-order valence-electron chi connectivity index (χ4n) is 1.69. The summed E-state index contributed by atoms with van der Waals surface area (Å²) in [7, 11) is -2.26. The molecule has 0 bridgehead atoms. The van der Waals surface area contributed by atoms with E-state index in [1.807, 2.05) is 43.3 Å². The first-order valence-electron chi connectivity index (χ1n) is 5.70. The van der Waals surface area contributed by atoms with Gasteiger partial charge in [-0.1, -0.05) is 12.1 Å². The van der Waals surface area contributed by atoms with E-state index >= 15 is 0 Å². The first-order chi connectivity index (χ1) is 8.70. The molecule has 2 aromatic carbocycles. The van der Waals surface area contributed by atoms with E-state index in [1.165, 1.54) is 0 Å². The normalized spacial score (nSPS) is 11.1. The molecule has 0 aliphatic heterocycles. The third-order valence-corrected chi connectivity index (χ3v) is 3.33. The van der Waals surface area contributed by atoms with E-state index in [-0.39, 0.29) is 0 Å². The summed E-state index contributed by atoms with van der Waals surface area (Å²) in [5, 5.41) is 0.444. The monoisotopic (exact) mass is 261 g/mol. The summed E-state index contributed by atoms with van der Waals surface area (Å²) in [4.78, 5) is 8.97. The summed E-state index contributed by atoms with van der Waals surface area (Å²) in [5.41, 5.74) is 2.07. The molecule has 0 aromatic heterocycles. The Kier molecular flexibility index (Phi) is 4.08. The van der Waals surface area contributed by atoms with Crippen molar-refractivity contribution in [2.24, 2.45) is 0 Å². The molecule has 4 heteroatoms. The van der Waals surface area contributed by atoms with Gasteiger partial charge in [-0.05, 0) is 59.0 Å². The lowest BCUT2D eigenvalue weighted by Crippen LogP contribution is -1.94. The van der Waals surface area contributed by atoms with Crippen LogP contribution in [0.25, 0.3) is 11.1 Å². The van der Waals surface area contributed by atoms with Gasteiger partial charge in [-0.2, -0.15) is 4.89 Å². The minimum atomic E-state index is -2.26. The second kappa shape index (κ2) is 5.76. The van der Waals surface area contributed by atoms with Crippen molar-refractivity contribution in [1.29, 1.82) is 0 Å². The van der Waals surface area contributed by atoms with Crippen LogP contribution < -0.4 is 10.0 Å². The minimum Gasteiger partial charge on any atom is -0.494 e. The van der Waals surface area contributed by atoms with E-state index in [0.29, 0.717) is 11.9 Å². The van der Waals surface area contributed by atoms with Crippen LogP contribution in [0.5, 0.6) is 5.75 Å². The molecule has 2 aromatic rings. The zero-order chi connectivity index (χ0) is 13.0. The number of hydrogen-bond acceptors (Lipinski definition) is 2. The second-order valence-electron chi connectivity index (χ2n) is 3.78. The van der Waals surface area contributed by atoms with Crippen molar-refractivity contribution in [3.05, 3.63) is 48.5 Å². The summed E-state index contributed by atoms with van der Waals surface area (Å²) in [6.45, 7) is 2.60. The Hall–Kier alpha value is -1.70. The van der Waals surface area contributed by atoms with Crippen molar-refractivity contribution in [3.8, 4) is 16.9 Å². The van der Waals surface area contributed by atoms with Crippen molar-refractivity contribution in [2.75, 3.05) is 6.61 Å². The van der Waals surface area contributed by atoms with Crippen LogP contribution in [-0.4, -0.2) is 11.5 Å². The third-order valence-electron chi connectivity index (χ3n) is 2.59. The number of ether oxygens (including phenoxy) is 1. The zero-order valence-electron chi connectivity index (χ0n) is 10.0. The molecule has 0 aliphatic carbocycles. The Morgan fingerprint density at radius 3 is 1.94 bits per heavy atom. The molecule has 1 atom stereocenters. The van der Waals surface area contributed by atoms with Crippen molar-refractivity contribution in [3.63, 3.8) is 0 Å². The lowest BCUT2D eigenvalue weighted by molar-refractivity contribution is 0.340. The van der Waals surface area contributed by atoms with Crippen LogP contribution in [-0.2, 0) is 4.57 Å². The highest BCUT2D eigenvalue weighted by molar-refractivity contribution is 7.47. The molecule has 1 N–H and O–H groups in total. The van der Waals surface area contributed by atoms with Gasteiger partial charge >= 0.3 is 8.03 Å². The maximum atomic E-state index is 10.9. The third kappa shape index (κ3) is 2.95. The Morgan fingerprint density at radius 1 is 1.00 bits per heavy atom. The topological polar surface area (TPSA) is 46.5 Å². The summed E-state index contributed by atoms with van der Waals surface area (Å²) in [5.74, 6) is 0.844. The van der Waals surface area contributed by atoms with Gasteiger partial charge in [0.1, 0.15) is 5.75 Å². The molecule has 0 radical (unpaired) electrons. The van der Waals surface area contributed by atoms with Gasteiger partial charge in [-0.3, -0.25) is 0 Å². The summed E-state index contributed by atoms with van der Waals surface area (Å²) in [6.07, 6.45) is 0. The second-order valence-corrected chi connectivity index (χ2v) is 4.84. The molecule has 0 spiro atoms. The van der Waals surface area contributed by atoms with E-state index < -0.39 is 8.03 Å². The average Bonchev–Trinajstić information content (AvgIpc) is 2.40. The molecule has 0 amide bonds. The molecular formula is C14H14O3P+. The highest BCUT2D eigenvalue weighted by Gasteiger charge is 2.14. The summed E-state index contributed by atoms with van der Waals surface area (Å²) < 4.78 is 16.3. The van der Waals surface area contributed by atoms with E-state index in [1.54, 1.807) is 12.1 Å². The van der Waals surface area contributed by atoms with Crippen LogP contribution in [0, 0.1) is 0 Å². The number of rotatable bonds is 4. The van der Waals surface area contributed by atoms with Crippen molar-refractivity contribution in [1.82, 2.24) is 0 Å². The highest BCUT2D eigenvalue weighted by Crippen LogP contribution is 2.23. The SMILES string of the molecule is CCOc1ccc(-c2ccc([P+](=O)O)cc2)cc1. The fraction of sp³-hybridized carbons (Fsp3) is 0.143. The van der Waals surface area contributed by atoms with E-state index in [2.05, 4.69) is 0 Å². The molecule has 0 fully saturated rings. The molecule has 3 nitrogen and oxygen atoms in total. The highest BCUT2D eigenvalue weighted by atomic mass is 31.1. The van der Waals surface area contributed by atoms with Crippen molar-refractivity contribution >= 4 is 13.3 Å². The largest absolute Gasteiger partial charge is 0.546 e. The van der Waals surface area contributed by atoms with Gasteiger partial charge in [0.2, 0.25) is 5.30 Å². The molecule has 2 rings (SSSR count). The summed E-state index contributed by atoms with van der Waals surface area (Å²) >= 11 is 0. The number of benzene rings is 2. The predicted molar refractivity (Wildman–Crippen MR) is 72.5 cm³/mol. The lowest BCUT2D eigenvalue weighted by atomic mass is 10.1. The van der Waals surface area contributed by atoms with Crippen LogP contribution >= 0.6 is 8.03 Å². The fourth-order valence-corrected chi connectivity index (χ4v) is 2.10. The molecule has 18 heavy (non-hydrogen) atoms. The predicted octanol–water partition coefficient (Wildman–Crippen LogP) is 3.11. The Labute approximate surface area is 107 Å². The van der Waals surface area contributed by atoms with E-state index in [0.717, 1.165) is 16.9 Å². The van der Waals surface area contributed by atoms with Crippen LogP contribution in [0.2, 0.25) is 0 Å². The molecule has 0 heterocycles. The van der Waals surface area contributed by atoms with Gasteiger partial charge in [-0.15, -0.1) is 0 Å². The standard InChI is InChI=1S/C14H13O3P/c1-2-17-13-7-3-11(4-8-13)12-5-9-14(10-6-12)18(15)16/h3-10H,2H2,1H3/p+1. The van der Waals surface area contributed by atoms with Crippen LogP contribution in [0.4, 0.5) is 0 Å². The van der Waals surface area contributed by atoms with Crippen LogP contribution in [0.1, 0.15) is 6.92 Å². The van der Waals surface area contributed by atoms with Crippen LogP contribution in [0.3, 0.4) is 0 Å². The molecular weight excluding hydrogens is 247 g/mol. The average molecular weight is 261 g/mol. The minimum absolute atomic E-state index is 0.444. The molecule has 0 aliphatic rings. The maximum Gasteiger partial charge on any atom is 0.546 e. The van der Waals surface area contributed by atoms with Crippen LogP contribution in [0.15, 0.2) is 48.5 Å². The first kappa shape index (κ1) is 12.7. The lowest BCUT2D eigenvalue weighted by Gasteiger charge is -2.04.